The van der Waals surface area contributed by atoms with Gasteiger partial charge < -0.3 is 23.8 Å². The molecule has 0 bridgehead atoms. The van der Waals surface area contributed by atoms with Crippen LogP contribution in [-0.2, 0) is 16.0 Å². The molecule has 0 radical (unpaired) electrons. The van der Waals surface area contributed by atoms with Crippen LogP contribution in [0.15, 0.2) is 4.52 Å². The molecule has 3 heterocycles. The molecule has 8 heteroatoms. The second kappa shape index (κ2) is 9.64. The second-order valence-corrected chi connectivity index (χ2v) is 7.60. The van der Waals surface area contributed by atoms with Gasteiger partial charge in [0.1, 0.15) is 5.76 Å². The highest BCUT2D eigenvalue weighted by atomic mass is 16.5. The molecule has 1 aromatic rings. The molecule has 0 unspecified atom stereocenters. The molecule has 2 saturated heterocycles. The summed E-state index contributed by atoms with van der Waals surface area (Å²) in [7, 11) is 3.96. The summed E-state index contributed by atoms with van der Waals surface area (Å²) < 4.78 is 16.3. The third kappa shape index (κ3) is 5.28. The summed E-state index contributed by atoms with van der Waals surface area (Å²) in [6, 6.07) is 0.191. The number of aromatic nitrogens is 1. The minimum Gasteiger partial charge on any atom is -0.381 e. The summed E-state index contributed by atoms with van der Waals surface area (Å²) in [4.78, 5) is 19.8. The van der Waals surface area contributed by atoms with Crippen LogP contribution in [0, 0.1) is 6.92 Å². The van der Waals surface area contributed by atoms with Gasteiger partial charge in [-0.15, -0.1) is 0 Å². The Morgan fingerprint density at radius 2 is 1.81 bits per heavy atom. The highest BCUT2D eigenvalue weighted by Gasteiger charge is 2.31. The molecule has 0 spiro atoms. The molecule has 0 aliphatic carbocycles. The molecular weight excluding hydrogens is 348 g/mol. The topological polar surface area (TPSA) is 71.3 Å². The Kier molecular flexibility index (Phi) is 7.23. The summed E-state index contributed by atoms with van der Waals surface area (Å²) >= 11 is 0. The van der Waals surface area contributed by atoms with E-state index in [1.807, 2.05) is 30.8 Å². The van der Waals surface area contributed by atoms with Crippen molar-refractivity contribution < 1.29 is 18.8 Å². The molecule has 0 N–H and O–H groups in total. The molecule has 2 fully saturated rings. The van der Waals surface area contributed by atoms with Crippen LogP contribution in [0.3, 0.4) is 0 Å². The first-order valence-electron chi connectivity index (χ1n) is 9.85. The zero-order valence-corrected chi connectivity index (χ0v) is 16.8. The summed E-state index contributed by atoms with van der Waals surface area (Å²) in [5.41, 5.74) is 1.34. The highest BCUT2D eigenvalue weighted by molar-refractivity contribution is 5.94. The number of morpholine rings is 1. The second-order valence-electron chi connectivity index (χ2n) is 7.60. The van der Waals surface area contributed by atoms with Crippen molar-refractivity contribution in [3.8, 4) is 0 Å². The number of rotatable bonds is 7. The normalized spacial score (nSPS) is 19.6. The fourth-order valence-corrected chi connectivity index (χ4v) is 3.72. The van der Waals surface area contributed by atoms with Crippen molar-refractivity contribution in [2.24, 2.45) is 0 Å². The monoisotopic (exact) mass is 380 g/mol. The van der Waals surface area contributed by atoms with E-state index in [0.717, 1.165) is 51.3 Å². The summed E-state index contributed by atoms with van der Waals surface area (Å²) in [6.45, 7) is 8.83. The number of nitrogens with zero attached hydrogens (tertiary/aromatic N) is 4. The molecule has 0 atom stereocenters. The van der Waals surface area contributed by atoms with Gasteiger partial charge in [0.15, 0.2) is 5.69 Å². The average molecular weight is 380 g/mol. The zero-order valence-electron chi connectivity index (χ0n) is 16.8. The molecule has 2 aliphatic rings. The zero-order chi connectivity index (χ0) is 19.2. The van der Waals surface area contributed by atoms with Gasteiger partial charge in [0.25, 0.3) is 5.91 Å². The van der Waals surface area contributed by atoms with Gasteiger partial charge in [-0.05, 0) is 33.9 Å². The summed E-state index contributed by atoms with van der Waals surface area (Å²) in [6.07, 6.45) is 1.74. The maximum Gasteiger partial charge on any atom is 0.276 e. The van der Waals surface area contributed by atoms with E-state index < -0.39 is 0 Å². The van der Waals surface area contributed by atoms with Crippen molar-refractivity contribution in [1.29, 1.82) is 0 Å². The van der Waals surface area contributed by atoms with Gasteiger partial charge in [0.05, 0.1) is 13.2 Å². The van der Waals surface area contributed by atoms with Crippen molar-refractivity contribution in [2.75, 3.05) is 66.7 Å². The summed E-state index contributed by atoms with van der Waals surface area (Å²) in [5, 5.41) is 4.12. The fraction of sp³-hybridized carbons (Fsp3) is 0.789. The van der Waals surface area contributed by atoms with Crippen molar-refractivity contribution in [3.05, 3.63) is 17.0 Å². The van der Waals surface area contributed by atoms with E-state index in [0.29, 0.717) is 37.8 Å². The predicted molar refractivity (Wildman–Crippen MR) is 101 cm³/mol. The lowest BCUT2D eigenvalue weighted by atomic mass is 10.1. The third-order valence-corrected chi connectivity index (χ3v) is 5.31. The molecule has 1 aromatic heterocycles. The SMILES string of the molecule is Cc1onc(C(=O)N(CCN2CCOCC2)C2CCOCC2)c1CN(C)C. The van der Waals surface area contributed by atoms with E-state index in [1.165, 1.54) is 0 Å². The molecule has 27 heavy (non-hydrogen) atoms. The molecule has 2 aliphatic heterocycles. The minimum absolute atomic E-state index is 0.0242. The lowest BCUT2D eigenvalue weighted by Gasteiger charge is -2.36. The van der Waals surface area contributed by atoms with E-state index in [4.69, 9.17) is 14.0 Å². The first-order chi connectivity index (χ1) is 13.1. The quantitative estimate of drug-likeness (QED) is 0.699. The smallest absolute Gasteiger partial charge is 0.276 e. The number of hydrogen-bond donors (Lipinski definition) is 0. The number of amides is 1. The van der Waals surface area contributed by atoms with E-state index >= 15 is 0 Å². The van der Waals surface area contributed by atoms with Gasteiger partial charge >= 0.3 is 0 Å². The van der Waals surface area contributed by atoms with Crippen molar-refractivity contribution >= 4 is 5.91 Å². The fourth-order valence-electron chi connectivity index (χ4n) is 3.72. The van der Waals surface area contributed by atoms with Gasteiger partial charge in [0, 0.05) is 57.5 Å². The Bertz CT molecular complexity index is 607. The van der Waals surface area contributed by atoms with Crippen LogP contribution in [0.2, 0.25) is 0 Å². The predicted octanol–water partition coefficient (Wildman–Crippen LogP) is 0.998. The third-order valence-electron chi connectivity index (χ3n) is 5.31. The first-order valence-corrected chi connectivity index (χ1v) is 9.85. The molecule has 0 saturated carbocycles. The van der Waals surface area contributed by atoms with Crippen LogP contribution in [0.1, 0.15) is 34.7 Å². The van der Waals surface area contributed by atoms with E-state index in [2.05, 4.69) is 10.1 Å². The van der Waals surface area contributed by atoms with E-state index in [-0.39, 0.29) is 11.9 Å². The largest absolute Gasteiger partial charge is 0.381 e. The number of aryl methyl sites for hydroxylation is 1. The van der Waals surface area contributed by atoms with Gasteiger partial charge in [-0.2, -0.15) is 0 Å². The Labute approximate surface area is 161 Å². The molecule has 1 amide bonds. The van der Waals surface area contributed by atoms with Crippen LogP contribution in [0.5, 0.6) is 0 Å². The summed E-state index contributed by atoms with van der Waals surface area (Å²) in [5.74, 6) is 0.691. The van der Waals surface area contributed by atoms with Gasteiger partial charge in [-0.3, -0.25) is 9.69 Å². The standard InChI is InChI=1S/C19H32N4O4/c1-15-17(14-21(2)3)18(20-27-15)19(24)23(16-4-10-25-11-5-16)7-6-22-8-12-26-13-9-22/h16H,4-14H2,1-3H3. The Morgan fingerprint density at radius 1 is 1.15 bits per heavy atom. The van der Waals surface area contributed by atoms with Crippen LogP contribution in [-0.4, -0.2) is 98.5 Å². The van der Waals surface area contributed by atoms with Crippen molar-refractivity contribution in [3.63, 3.8) is 0 Å². The number of hydrogen-bond acceptors (Lipinski definition) is 7. The van der Waals surface area contributed by atoms with Gasteiger partial charge in [0.2, 0.25) is 0 Å². The minimum atomic E-state index is -0.0242. The Morgan fingerprint density at radius 3 is 2.48 bits per heavy atom. The first kappa shape index (κ1) is 20.3. The average Bonchev–Trinajstić information content (AvgIpc) is 3.03. The molecule has 0 aromatic carbocycles. The van der Waals surface area contributed by atoms with Crippen molar-refractivity contribution in [2.45, 2.75) is 32.4 Å². The van der Waals surface area contributed by atoms with E-state index in [1.54, 1.807) is 0 Å². The van der Waals surface area contributed by atoms with Crippen LogP contribution in [0.25, 0.3) is 0 Å². The molecule has 152 valence electrons. The lowest BCUT2D eigenvalue weighted by molar-refractivity contribution is 0.0137. The van der Waals surface area contributed by atoms with Crippen LogP contribution >= 0.6 is 0 Å². The number of carbonyl (C=O) groups excluding carboxylic acids is 1. The maximum atomic E-state index is 13.4. The highest BCUT2D eigenvalue weighted by Crippen LogP contribution is 2.21. The lowest BCUT2D eigenvalue weighted by Crippen LogP contribution is -2.48. The number of ether oxygens (including phenoxy) is 2. The molecule has 8 nitrogen and oxygen atoms in total. The van der Waals surface area contributed by atoms with Crippen LogP contribution in [0.4, 0.5) is 0 Å². The maximum absolute atomic E-state index is 13.4. The number of carbonyl (C=O) groups is 1. The van der Waals surface area contributed by atoms with Gasteiger partial charge in [-0.25, -0.2) is 0 Å². The molecular formula is C19H32N4O4. The van der Waals surface area contributed by atoms with Crippen molar-refractivity contribution in [1.82, 2.24) is 19.9 Å². The Balaban J connectivity index is 1.75. The van der Waals surface area contributed by atoms with E-state index in [9.17, 15) is 4.79 Å². The van der Waals surface area contributed by atoms with Crippen LogP contribution < -0.4 is 0 Å². The van der Waals surface area contributed by atoms with Gasteiger partial charge in [-0.1, -0.05) is 5.16 Å². The Hall–Kier alpha value is -1.48. The molecule has 3 rings (SSSR count).